The fourth-order valence-corrected chi connectivity index (χ4v) is 4.53. The van der Waals surface area contributed by atoms with Gasteiger partial charge in [-0.05, 0) is 66.8 Å². The zero-order chi connectivity index (χ0) is 22.1. The van der Waals surface area contributed by atoms with Crippen LogP contribution in [0.1, 0.15) is 33.8 Å². The number of pyridine rings is 1. The van der Waals surface area contributed by atoms with Crippen molar-refractivity contribution in [1.29, 1.82) is 0 Å². The van der Waals surface area contributed by atoms with Crippen LogP contribution in [0.15, 0.2) is 97.3 Å². The lowest BCUT2D eigenvalue weighted by molar-refractivity contribution is 0.0697. The van der Waals surface area contributed by atoms with Crippen molar-refractivity contribution < 1.29 is 9.90 Å². The van der Waals surface area contributed by atoms with Crippen molar-refractivity contribution in [1.82, 2.24) is 14.9 Å². The molecule has 32 heavy (non-hydrogen) atoms. The number of aromatic nitrogens is 2. The van der Waals surface area contributed by atoms with Crippen molar-refractivity contribution >= 4 is 29.0 Å². The van der Waals surface area contributed by atoms with Crippen LogP contribution in [-0.4, -0.2) is 25.7 Å². The summed E-state index contributed by atoms with van der Waals surface area (Å²) in [6, 6.07) is 26.4. The lowest BCUT2D eigenvalue weighted by Gasteiger charge is -2.29. The van der Waals surface area contributed by atoms with Crippen LogP contribution in [0.2, 0.25) is 0 Å². The zero-order valence-corrected chi connectivity index (χ0v) is 17.8. The molecule has 1 aliphatic rings. The number of rotatable bonds is 5. The third-order valence-electron chi connectivity index (χ3n) is 5.59. The van der Waals surface area contributed by atoms with Crippen LogP contribution in [-0.2, 0) is 0 Å². The molecule has 158 valence electrons. The van der Waals surface area contributed by atoms with Gasteiger partial charge in [0.05, 0.1) is 17.3 Å². The van der Waals surface area contributed by atoms with Gasteiger partial charge in [0.2, 0.25) is 0 Å². The van der Waals surface area contributed by atoms with Crippen LogP contribution in [0, 0.1) is 0 Å². The maximum atomic E-state index is 11.5. The predicted molar refractivity (Wildman–Crippen MR) is 127 cm³/mol. The van der Waals surface area contributed by atoms with E-state index in [1.165, 1.54) is 0 Å². The summed E-state index contributed by atoms with van der Waals surface area (Å²) in [5.74, 6) is -0.957. The van der Waals surface area contributed by atoms with Gasteiger partial charge in [0.15, 0.2) is 5.11 Å². The summed E-state index contributed by atoms with van der Waals surface area (Å²) >= 11 is 5.77. The normalized spacial score (nSPS) is 17.9. The van der Waals surface area contributed by atoms with Crippen LogP contribution >= 0.6 is 12.2 Å². The van der Waals surface area contributed by atoms with E-state index in [1.54, 1.807) is 24.4 Å². The highest BCUT2D eigenvalue weighted by Crippen LogP contribution is 2.42. The molecule has 2 aromatic heterocycles. The Morgan fingerprint density at radius 3 is 2.47 bits per heavy atom. The Kier molecular flexibility index (Phi) is 5.17. The number of nitrogens with one attached hydrogen (secondary N) is 1. The largest absolute Gasteiger partial charge is 0.478 e. The lowest BCUT2D eigenvalue weighted by atomic mass is 10.0. The number of carboxylic acid groups (broad SMARTS) is 1. The smallest absolute Gasteiger partial charge is 0.335 e. The third-order valence-corrected chi connectivity index (χ3v) is 5.90. The van der Waals surface area contributed by atoms with Gasteiger partial charge in [0.25, 0.3) is 0 Å². The fourth-order valence-electron chi connectivity index (χ4n) is 4.18. The van der Waals surface area contributed by atoms with E-state index in [2.05, 4.69) is 15.2 Å². The molecule has 1 saturated heterocycles. The molecule has 2 N–H and O–H groups in total. The Hall–Kier alpha value is -3.97. The molecule has 1 fully saturated rings. The number of carboxylic acids is 1. The molecule has 3 heterocycles. The number of nitrogens with zero attached hydrogens (tertiary/aromatic N) is 3. The van der Waals surface area contributed by atoms with Gasteiger partial charge in [-0.3, -0.25) is 4.98 Å². The second-order valence-corrected chi connectivity index (χ2v) is 7.88. The molecule has 1 aliphatic heterocycles. The van der Waals surface area contributed by atoms with Crippen molar-refractivity contribution in [3.05, 3.63) is 114 Å². The number of aromatic carboxylic acids is 1. The summed E-state index contributed by atoms with van der Waals surface area (Å²) < 4.78 is 2.01. The topological polar surface area (TPSA) is 70.4 Å². The molecule has 4 aromatic rings. The Morgan fingerprint density at radius 1 is 0.938 bits per heavy atom. The van der Waals surface area contributed by atoms with Crippen LogP contribution in [0.5, 0.6) is 0 Å². The van der Waals surface area contributed by atoms with Crippen LogP contribution < -0.4 is 10.2 Å². The molecule has 2 aromatic carbocycles. The SMILES string of the molecule is O=C(O)c1cccc(-n2cccc2[C@@H]2[C@H](c3ccccn3)NC(=S)N2c2ccccc2)c1. The molecular weight excluding hydrogens is 420 g/mol. The molecule has 0 aliphatic carbocycles. The van der Waals surface area contributed by atoms with Gasteiger partial charge in [0.1, 0.15) is 6.04 Å². The van der Waals surface area contributed by atoms with E-state index in [4.69, 9.17) is 12.2 Å². The first-order valence-electron chi connectivity index (χ1n) is 10.2. The number of thiocarbonyl (C=S) groups is 1. The van der Waals surface area contributed by atoms with E-state index in [0.29, 0.717) is 5.11 Å². The van der Waals surface area contributed by atoms with E-state index < -0.39 is 5.97 Å². The van der Waals surface area contributed by atoms with Gasteiger partial charge in [-0.1, -0.05) is 30.3 Å². The molecular formula is C25H20N4O2S. The maximum Gasteiger partial charge on any atom is 0.335 e. The highest BCUT2D eigenvalue weighted by molar-refractivity contribution is 7.80. The number of carbonyl (C=O) groups is 1. The molecule has 0 unspecified atom stereocenters. The molecule has 5 rings (SSSR count). The summed E-state index contributed by atoms with van der Waals surface area (Å²) in [4.78, 5) is 18.2. The highest BCUT2D eigenvalue weighted by atomic mass is 32.1. The minimum atomic E-state index is -0.957. The quantitative estimate of drug-likeness (QED) is 0.437. The monoisotopic (exact) mass is 440 g/mol. The Balaban J connectivity index is 1.66. The second kappa shape index (κ2) is 8.28. The summed E-state index contributed by atoms with van der Waals surface area (Å²) in [6.45, 7) is 0. The van der Waals surface area contributed by atoms with Crippen molar-refractivity contribution in [2.75, 3.05) is 4.90 Å². The van der Waals surface area contributed by atoms with Gasteiger partial charge in [0, 0.05) is 29.5 Å². The van der Waals surface area contributed by atoms with Crippen molar-refractivity contribution in [3.63, 3.8) is 0 Å². The molecule has 7 heteroatoms. The van der Waals surface area contributed by atoms with Crippen molar-refractivity contribution in [2.45, 2.75) is 12.1 Å². The summed E-state index contributed by atoms with van der Waals surface area (Å²) in [5, 5.41) is 13.5. The number of anilines is 1. The van der Waals surface area contributed by atoms with Crippen molar-refractivity contribution in [3.8, 4) is 5.69 Å². The molecule has 6 nitrogen and oxygen atoms in total. The number of para-hydroxylation sites is 1. The number of hydrogen-bond donors (Lipinski definition) is 2. The molecule has 2 atom stereocenters. The van der Waals surface area contributed by atoms with Crippen LogP contribution in [0.3, 0.4) is 0 Å². The minimum absolute atomic E-state index is 0.180. The molecule has 0 radical (unpaired) electrons. The van der Waals surface area contributed by atoms with Gasteiger partial charge in [-0.2, -0.15) is 0 Å². The lowest BCUT2D eigenvalue weighted by Crippen LogP contribution is -2.30. The predicted octanol–water partition coefficient (Wildman–Crippen LogP) is 4.75. The second-order valence-electron chi connectivity index (χ2n) is 7.49. The van der Waals surface area contributed by atoms with E-state index in [-0.39, 0.29) is 17.6 Å². The van der Waals surface area contributed by atoms with Gasteiger partial charge < -0.3 is 19.9 Å². The molecule has 0 spiro atoms. The van der Waals surface area contributed by atoms with Crippen molar-refractivity contribution in [2.24, 2.45) is 0 Å². The van der Waals surface area contributed by atoms with E-state index in [9.17, 15) is 9.90 Å². The Bertz CT molecular complexity index is 1270. The number of hydrogen-bond acceptors (Lipinski definition) is 3. The first-order valence-corrected chi connectivity index (χ1v) is 10.6. The van der Waals surface area contributed by atoms with Gasteiger partial charge in [-0.25, -0.2) is 4.79 Å². The van der Waals surface area contributed by atoms with E-state index >= 15 is 0 Å². The molecule has 0 amide bonds. The maximum absolute atomic E-state index is 11.5. The molecule has 0 bridgehead atoms. The van der Waals surface area contributed by atoms with Crippen LogP contribution in [0.4, 0.5) is 5.69 Å². The summed E-state index contributed by atoms with van der Waals surface area (Å²) in [6.07, 6.45) is 3.72. The first-order chi connectivity index (χ1) is 15.6. The Labute approximate surface area is 190 Å². The fraction of sp³-hybridized carbons (Fsp3) is 0.0800. The van der Waals surface area contributed by atoms with Gasteiger partial charge >= 0.3 is 5.97 Å². The zero-order valence-electron chi connectivity index (χ0n) is 17.0. The minimum Gasteiger partial charge on any atom is -0.478 e. The first kappa shape index (κ1) is 20.0. The summed E-state index contributed by atoms with van der Waals surface area (Å²) in [5.41, 5.74) is 3.84. The average Bonchev–Trinajstić information content (AvgIpc) is 3.44. The Morgan fingerprint density at radius 2 is 1.72 bits per heavy atom. The van der Waals surface area contributed by atoms with Gasteiger partial charge in [-0.15, -0.1) is 0 Å². The average molecular weight is 441 g/mol. The van der Waals surface area contributed by atoms with Crippen LogP contribution in [0.25, 0.3) is 5.69 Å². The number of benzene rings is 2. The highest BCUT2D eigenvalue weighted by Gasteiger charge is 2.42. The summed E-state index contributed by atoms with van der Waals surface area (Å²) in [7, 11) is 0. The van der Waals surface area contributed by atoms with E-state index in [0.717, 1.165) is 22.8 Å². The molecule has 0 saturated carbocycles. The third kappa shape index (κ3) is 3.52. The standard InChI is InChI=1S/C25H20N4O2S/c30-24(31)17-8-6-11-19(16-17)28-15-7-13-21(28)23-22(20-12-4-5-14-26-20)27-25(32)29(23)18-9-2-1-3-10-18/h1-16,22-23H,(H,27,32)(H,30,31)/t22-,23+/m0/s1. The van der Waals surface area contributed by atoms with E-state index in [1.807, 2.05) is 77.5 Å².